The summed E-state index contributed by atoms with van der Waals surface area (Å²) in [5.41, 5.74) is 0. The van der Waals surface area contributed by atoms with Crippen LogP contribution in [-0.4, -0.2) is 30.5 Å². The normalized spacial score (nSPS) is 32.2. The summed E-state index contributed by atoms with van der Waals surface area (Å²) in [5, 5.41) is 11.6. The molecule has 10 heavy (non-hydrogen) atoms. The van der Waals surface area contributed by atoms with Gasteiger partial charge in [-0.1, -0.05) is 0 Å². The van der Waals surface area contributed by atoms with Crippen LogP contribution in [-0.2, 0) is 9.53 Å². The Kier molecular flexibility index (Phi) is 2.24. The molecule has 0 amide bonds. The molecular formula is C6H11NO3. The Morgan fingerprint density at radius 1 is 1.70 bits per heavy atom. The molecule has 0 bridgehead atoms. The van der Waals surface area contributed by atoms with E-state index in [-0.39, 0.29) is 12.0 Å². The maximum Gasteiger partial charge on any atom is 0.322 e. The van der Waals surface area contributed by atoms with Gasteiger partial charge in [0.2, 0.25) is 0 Å². The van der Waals surface area contributed by atoms with Crippen molar-refractivity contribution in [2.45, 2.75) is 25.1 Å². The van der Waals surface area contributed by atoms with E-state index in [1.54, 1.807) is 0 Å². The van der Waals surface area contributed by atoms with Crippen LogP contribution in [0.2, 0.25) is 0 Å². The molecule has 1 heterocycles. The highest BCUT2D eigenvalue weighted by molar-refractivity contribution is 5.75. The monoisotopic (exact) mass is 145 g/mol. The second-order valence-corrected chi connectivity index (χ2v) is 2.34. The third-order valence-electron chi connectivity index (χ3n) is 1.61. The topological polar surface area (TPSA) is 58.6 Å². The number of methoxy groups -OCH3 is 1. The number of ether oxygens (including phenoxy) is 1. The lowest BCUT2D eigenvalue weighted by atomic mass is 10.2. The van der Waals surface area contributed by atoms with E-state index in [9.17, 15) is 4.79 Å². The molecule has 2 N–H and O–H groups in total. The van der Waals surface area contributed by atoms with Gasteiger partial charge < -0.3 is 9.84 Å². The molecule has 0 aromatic rings. The lowest BCUT2D eigenvalue weighted by molar-refractivity contribution is -0.143. The third kappa shape index (κ3) is 1.46. The summed E-state index contributed by atoms with van der Waals surface area (Å²) in [4.78, 5) is 10.8. The van der Waals surface area contributed by atoms with Crippen LogP contribution in [0.15, 0.2) is 0 Å². The number of aliphatic hydroxyl groups is 1. The lowest BCUT2D eigenvalue weighted by Crippen LogP contribution is -2.35. The van der Waals surface area contributed by atoms with E-state index in [4.69, 9.17) is 5.11 Å². The predicted octanol–water partition coefficient (Wildman–Crippen LogP) is -0.770. The SMILES string of the molecule is COC(=O)[C@@H]1CCC(O)N1. The zero-order valence-corrected chi connectivity index (χ0v) is 5.83. The van der Waals surface area contributed by atoms with E-state index in [0.717, 1.165) is 0 Å². The first-order valence-corrected chi connectivity index (χ1v) is 3.26. The number of carbonyl (C=O) groups is 1. The van der Waals surface area contributed by atoms with Crippen LogP contribution >= 0.6 is 0 Å². The number of hydrogen-bond acceptors (Lipinski definition) is 4. The summed E-state index contributed by atoms with van der Waals surface area (Å²) >= 11 is 0. The minimum Gasteiger partial charge on any atom is -0.468 e. The molecule has 0 aromatic carbocycles. The van der Waals surface area contributed by atoms with Crippen molar-refractivity contribution in [1.29, 1.82) is 0 Å². The molecule has 0 aromatic heterocycles. The van der Waals surface area contributed by atoms with E-state index in [2.05, 4.69) is 10.1 Å². The van der Waals surface area contributed by atoms with Crippen LogP contribution in [0.5, 0.6) is 0 Å². The molecule has 1 rings (SSSR count). The summed E-state index contributed by atoms with van der Waals surface area (Å²) in [6.07, 6.45) is 0.747. The van der Waals surface area contributed by atoms with Gasteiger partial charge in [0, 0.05) is 0 Å². The fourth-order valence-electron chi connectivity index (χ4n) is 1.05. The molecule has 1 aliphatic heterocycles. The number of aliphatic hydroxyl groups excluding tert-OH is 1. The molecule has 4 nitrogen and oxygen atoms in total. The van der Waals surface area contributed by atoms with Crippen LogP contribution in [0.4, 0.5) is 0 Å². The van der Waals surface area contributed by atoms with Crippen molar-refractivity contribution < 1.29 is 14.6 Å². The first-order valence-electron chi connectivity index (χ1n) is 3.26. The number of carbonyl (C=O) groups excluding carboxylic acids is 1. The molecule has 4 heteroatoms. The lowest BCUT2D eigenvalue weighted by Gasteiger charge is -2.07. The highest BCUT2D eigenvalue weighted by Gasteiger charge is 2.27. The molecule has 2 atom stereocenters. The molecule has 58 valence electrons. The number of esters is 1. The average molecular weight is 145 g/mol. The van der Waals surface area contributed by atoms with Crippen molar-refractivity contribution in [3.05, 3.63) is 0 Å². The molecule has 0 spiro atoms. The van der Waals surface area contributed by atoms with E-state index in [0.29, 0.717) is 12.8 Å². The first kappa shape index (κ1) is 7.50. The fourth-order valence-corrected chi connectivity index (χ4v) is 1.05. The van der Waals surface area contributed by atoms with Gasteiger partial charge in [0.25, 0.3) is 0 Å². The van der Waals surface area contributed by atoms with Gasteiger partial charge in [-0.05, 0) is 12.8 Å². The summed E-state index contributed by atoms with van der Waals surface area (Å²) in [7, 11) is 1.34. The summed E-state index contributed by atoms with van der Waals surface area (Å²) in [6, 6.07) is -0.306. The number of nitrogens with one attached hydrogen (secondary N) is 1. The molecule has 1 aliphatic rings. The van der Waals surface area contributed by atoms with Gasteiger partial charge >= 0.3 is 5.97 Å². The van der Waals surface area contributed by atoms with Crippen LogP contribution in [0.3, 0.4) is 0 Å². The largest absolute Gasteiger partial charge is 0.468 e. The van der Waals surface area contributed by atoms with Gasteiger partial charge in [-0.2, -0.15) is 0 Å². The Labute approximate surface area is 59.2 Å². The molecule has 0 aliphatic carbocycles. The standard InChI is InChI=1S/C6H11NO3/c1-10-6(9)4-2-3-5(8)7-4/h4-5,7-8H,2-3H2,1H3/t4-,5?/m0/s1. The zero-order valence-electron chi connectivity index (χ0n) is 5.83. The maximum atomic E-state index is 10.8. The Morgan fingerprint density at radius 3 is 2.80 bits per heavy atom. The maximum absolute atomic E-state index is 10.8. The Balaban J connectivity index is 2.37. The molecule has 0 radical (unpaired) electrons. The van der Waals surface area contributed by atoms with Gasteiger partial charge in [0.05, 0.1) is 7.11 Å². The van der Waals surface area contributed by atoms with Gasteiger partial charge in [-0.25, -0.2) is 0 Å². The van der Waals surface area contributed by atoms with Crippen molar-refractivity contribution >= 4 is 5.97 Å². The van der Waals surface area contributed by atoms with E-state index < -0.39 is 6.23 Å². The van der Waals surface area contributed by atoms with E-state index in [1.807, 2.05) is 0 Å². The van der Waals surface area contributed by atoms with Crippen molar-refractivity contribution in [3.8, 4) is 0 Å². The Bertz CT molecular complexity index is 137. The van der Waals surface area contributed by atoms with Crippen LogP contribution in [0.1, 0.15) is 12.8 Å². The zero-order chi connectivity index (χ0) is 7.56. The predicted molar refractivity (Wildman–Crippen MR) is 34.2 cm³/mol. The Morgan fingerprint density at radius 2 is 2.40 bits per heavy atom. The second kappa shape index (κ2) is 2.98. The number of hydrogen-bond donors (Lipinski definition) is 2. The minimum atomic E-state index is -0.538. The van der Waals surface area contributed by atoms with Crippen LogP contribution in [0.25, 0.3) is 0 Å². The summed E-state index contributed by atoms with van der Waals surface area (Å²) in [6.45, 7) is 0. The van der Waals surface area contributed by atoms with E-state index >= 15 is 0 Å². The highest BCUT2D eigenvalue weighted by atomic mass is 16.5. The third-order valence-corrected chi connectivity index (χ3v) is 1.61. The molecular weight excluding hydrogens is 134 g/mol. The number of rotatable bonds is 1. The molecule has 1 unspecified atom stereocenters. The second-order valence-electron chi connectivity index (χ2n) is 2.34. The van der Waals surface area contributed by atoms with Crippen LogP contribution in [0, 0.1) is 0 Å². The Hall–Kier alpha value is -0.610. The molecule has 0 saturated carbocycles. The molecule has 1 fully saturated rings. The summed E-state index contributed by atoms with van der Waals surface area (Å²) in [5.74, 6) is -0.295. The van der Waals surface area contributed by atoms with Gasteiger partial charge in [-0.15, -0.1) is 0 Å². The first-order chi connectivity index (χ1) is 4.74. The van der Waals surface area contributed by atoms with Crippen molar-refractivity contribution in [3.63, 3.8) is 0 Å². The van der Waals surface area contributed by atoms with Gasteiger partial charge in [-0.3, -0.25) is 10.1 Å². The van der Waals surface area contributed by atoms with Crippen molar-refractivity contribution in [2.24, 2.45) is 0 Å². The van der Waals surface area contributed by atoms with Crippen molar-refractivity contribution in [2.75, 3.05) is 7.11 Å². The highest BCUT2D eigenvalue weighted by Crippen LogP contribution is 2.10. The van der Waals surface area contributed by atoms with Gasteiger partial charge in [0.1, 0.15) is 12.3 Å². The van der Waals surface area contributed by atoms with Gasteiger partial charge in [0.15, 0.2) is 0 Å². The molecule has 1 saturated heterocycles. The smallest absolute Gasteiger partial charge is 0.322 e. The van der Waals surface area contributed by atoms with Crippen molar-refractivity contribution in [1.82, 2.24) is 5.32 Å². The fraction of sp³-hybridized carbons (Fsp3) is 0.833. The average Bonchev–Trinajstić information content (AvgIpc) is 2.34. The summed E-state index contributed by atoms with van der Waals surface area (Å²) < 4.78 is 4.47. The quantitative estimate of drug-likeness (QED) is 0.476. The van der Waals surface area contributed by atoms with Crippen LogP contribution < -0.4 is 5.32 Å². The minimum absolute atomic E-state index is 0.295. The van der Waals surface area contributed by atoms with E-state index in [1.165, 1.54) is 7.11 Å².